The zero-order valence-electron chi connectivity index (χ0n) is 18.0. The Hall–Kier alpha value is -4.59. The summed E-state index contributed by atoms with van der Waals surface area (Å²) in [7, 11) is 1.57. The average Bonchev–Trinajstić information content (AvgIpc) is 2.88. The molecule has 0 aliphatic heterocycles. The van der Waals surface area contributed by atoms with Gasteiger partial charge in [-0.1, -0.05) is 60.7 Å². The lowest BCUT2D eigenvalue weighted by molar-refractivity contribution is 0.0962. The lowest BCUT2D eigenvalue weighted by Gasteiger charge is -2.22. The Morgan fingerprint density at radius 2 is 1.42 bits per heavy atom. The topological polar surface area (TPSA) is 114 Å². The minimum Gasteiger partial charge on any atom is -0.497 e. The van der Waals surface area contributed by atoms with Crippen LogP contribution in [0.5, 0.6) is 5.75 Å². The minimum absolute atomic E-state index is 0.175. The lowest BCUT2D eigenvalue weighted by atomic mass is 9.99. The van der Waals surface area contributed by atoms with Gasteiger partial charge in [0.2, 0.25) is 0 Å². The summed E-state index contributed by atoms with van der Waals surface area (Å²) in [5.74, 6) is 1.07. The molecule has 1 aromatic heterocycles. The van der Waals surface area contributed by atoms with Gasteiger partial charge in [0.05, 0.1) is 13.2 Å². The third-order valence-corrected chi connectivity index (χ3v) is 5.08. The molecule has 4 aromatic rings. The molecule has 166 valence electrons. The molecule has 0 atom stereocenters. The van der Waals surface area contributed by atoms with Gasteiger partial charge in [-0.15, -0.1) is 0 Å². The second-order valence-electron chi connectivity index (χ2n) is 7.19. The van der Waals surface area contributed by atoms with Gasteiger partial charge in [0.25, 0.3) is 5.91 Å². The Morgan fingerprint density at radius 1 is 0.848 bits per heavy atom. The number of hydrogen-bond acceptors (Lipinski definition) is 7. The van der Waals surface area contributed by atoms with Gasteiger partial charge in [0, 0.05) is 5.56 Å². The number of nitrogens with one attached hydrogen (secondary N) is 3. The molecule has 0 unspecified atom stereocenters. The summed E-state index contributed by atoms with van der Waals surface area (Å²) < 4.78 is 5.11. The zero-order chi connectivity index (χ0) is 23.0. The van der Waals surface area contributed by atoms with Crippen LogP contribution in [-0.4, -0.2) is 23.0 Å². The van der Waals surface area contributed by atoms with Crippen molar-refractivity contribution in [3.63, 3.8) is 0 Å². The number of benzene rings is 3. The highest BCUT2D eigenvalue weighted by molar-refractivity contribution is 5.95. The number of ether oxygens (including phenoxy) is 1. The molecule has 0 fully saturated rings. The van der Waals surface area contributed by atoms with E-state index in [9.17, 15) is 4.79 Å². The maximum Gasteiger partial charge on any atom is 0.269 e. The van der Waals surface area contributed by atoms with E-state index in [0.29, 0.717) is 17.1 Å². The highest BCUT2D eigenvalue weighted by Crippen LogP contribution is 2.30. The number of carbonyl (C=O) groups excluding carboxylic acids is 1. The second kappa shape index (κ2) is 10.1. The molecule has 5 N–H and O–H groups in total. The third-order valence-electron chi connectivity index (χ3n) is 5.08. The van der Waals surface area contributed by atoms with E-state index in [4.69, 9.17) is 10.5 Å². The number of nitrogens with two attached hydrogens (primary N) is 1. The predicted octanol–water partition coefficient (Wildman–Crippen LogP) is 4.03. The standard InChI is InChI=1S/C25H24N6O2/c1-33-20-14-12-19(13-15-20)25(32)31-30-24-21(26)23(27-16-28-24)29-22(17-8-4-2-5-9-17)18-10-6-3-7-11-18/h2-16,22H,26H2,1H3,(H,31,32)(H2,27,28,29,30). The molecule has 4 rings (SSSR count). The lowest BCUT2D eigenvalue weighted by Crippen LogP contribution is -2.30. The SMILES string of the molecule is COc1ccc(C(=O)NNc2ncnc(NC(c3ccccc3)c3ccccc3)c2N)cc1. The van der Waals surface area contributed by atoms with Crippen molar-refractivity contribution >= 4 is 23.2 Å². The van der Waals surface area contributed by atoms with Crippen LogP contribution in [0.3, 0.4) is 0 Å². The maximum absolute atomic E-state index is 12.4. The smallest absolute Gasteiger partial charge is 0.269 e. The first kappa shape index (κ1) is 21.6. The van der Waals surface area contributed by atoms with Crippen LogP contribution in [-0.2, 0) is 0 Å². The monoisotopic (exact) mass is 440 g/mol. The highest BCUT2D eigenvalue weighted by Gasteiger charge is 2.17. The van der Waals surface area contributed by atoms with Crippen molar-refractivity contribution in [1.82, 2.24) is 15.4 Å². The Labute approximate surface area is 191 Å². The van der Waals surface area contributed by atoms with E-state index in [1.54, 1.807) is 31.4 Å². The van der Waals surface area contributed by atoms with Crippen LogP contribution in [0.4, 0.5) is 17.3 Å². The summed E-state index contributed by atoms with van der Waals surface area (Å²) in [6, 6.07) is 26.6. The number of anilines is 3. The van der Waals surface area contributed by atoms with E-state index in [2.05, 4.69) is 26.1 Å². The number of hydrogen-bond donors (Lipinski definition) is 4. The van der Waals surface area contributed by atoms with Gasteiger partial charge in [-0.2, -0.15) is 0 Å². The summed E-state index contributed by atoms with van der Waals surface area (Å²) in [5.41, 5.74) is 14.6. The maximum atomic E-state index is 12.4. The van der Waals surface area contributed by atoms with E-state index in [-0.39, 0.29) is 23.5 Å². The van der Waals surface area contributed by atoms with Crippen LogP contribution < -0.4 is 26.6 Å². The summed E-state index contributed by atoms with van der Waals surface area (Å²) in [6.07, 6.45) is 1.38. The number of nitrogens with zero attached hydrogens (tertiary/aromatic N) is 2. The molecule has 8 heteroatoms. The molecule has 0 aliphatic rings. The van der Waals surface area contributed by atoms with Crippen LogP contribution in [0.25, 0.3) is 0 Å². The normalized spacial score (nSPS) is 10.5. The molecule has 0 aliphatic carbocycles. The Bertz CT molecular complexity index is 1160. The summed E-state index contributed by atoms with van der Waals surface area (Å²) in [5, 5.41) is 3.41. The first-order chi connectivity index (χ1) is 16.2. The van der Waals surface area contributed by atoms with Crippen molar-refractivity contribution in [2.45, 2.75) is 6.04 Å². The van der Waals surface area contributed by atoms with Gasteiger partial charge in [0.1, 0.15) is 17.8 Å². The number of methoxy groups -OCH3 is 1. The first-order valence-corrected chi connectivity index (χ1v) is 10.3. The van der Waals surface area contributed by atoms with Crippen LogP contribution in [0, 0.1) is 0 Å². The van der Waals surface area contributed by atoms with E-state index in [0.717, 1.165) is 11.1 Å². The van der Waals surface area contributed by atoms with Crippen LogP contribution in [0.2, 0.25) is 0 Å². The number of aromatic nitrogens is 2. The van der Waals surface area contributed by atoms with Crippen LogP contribution in [0.15, 0.2) is 91.3 Å². The Kier molecular flexibility index (Phi) is 6.65. The molecular formula is C25H24N6O2. The van der Waals surface area contributed by atoms with Crippen LogP contribution >= 0.6 is 0 Å². The molecule has 3 aromatic carbocycles. The minimum atomic E-state index is -0.336. The molecular weight excluding hydrogens is 416 g/mol. The van der Waals surface area contributed by atoms with Crippen molar-refractivity contribution in [3.8, 4) is 5.75 Å². The molecule has 0 bridgehead atoms. The van der Waals surface area contributed by atoms with Gasteiger partial charge >= 0.3 is 0 Å². The predicted molar refractivity (Wildman–Crippen MR) is 129 cm³/mol. The van der Waals surface area contributed by atoms with Crippen molar-refractivity contribution in [3.05, 3.63) is 108 Å². The second-order valence-corrected chi connectivity index (χ2v) is 7.19. The van der Waals surface area contributed by atoms with Gasteiger partial charge in [-0.3, -0.25) is 15.6 Å². The fourth-order valence-corrected chi connectivity index (χ4v) is 3.33. The Balaban J connectivity index is 1.52. The Morgan fingerprint density at radius 3 is 2.00 bits per heavy atom. The van der Waals surface area contributed by atoms with Gasteiger partial charge in [0.15, 0.2) is 11.6 Å². The van der Waals surface area contributed by atoms with Gasteiger partial charge < -0.3 is 15.8 Å². The third kappa shape index (κ3) is 5.19. The zero-order valence-corrected chi connectivity index (χ0v) is 18.0. The van der Waals surface area contributed by atoms with Gasteiger partial charge in [-0.05, 0) is 35.4 Å². The molecule has 0 radical (unpaired) electrons. The van der Waals surface area contributed by atoms with E-state index in [1.165, 1.54) is 6.33 Å². The van der Waals surface area contributed by atoms with Crippen molar-refractivity contribution in [2.24, 2.45) is 0 Å². The summed E-state index contributed by atoms with van der Waals surface area (Å²) in [6.45, 7) is 0. The molecule has 0 spiro atoms. The molecule has 1 heterocycles. The fourth-order valence-electron chi connectivity index (χ4n) is 3.33. The molecule has 0 saturated heterocycles. The summed E-state index contributed by atoms with van der Waals surface area (Å²) >= 11 is 0. The number of nitrogen functional groups attached to an aromatic ring is 1. The number of amides is 1. The summed E-state index contributed by atoms with van der Waals surface area (Å²) in [4.78, 5) is 20.9. The fraction of sp³-hybridized carbons (Fsp3) is 0.0800. The average molecular weight is 441 g/mol. The number of rotatable bonds is 8. The van der Waals surface area contributed by atoms with E-state index >= 15 is 0 Å². The number of carbonyl (C=O) groups is 1. The molecule has 1 amide bonds. The molecule has 0 saturated carbocycles. The largest absolute Gasteiger partial charge is 0.497 e. The van der Waals surface area contributed by atoms with Gasteiger partial charge in [-0.25, -0.2) is 9.97 Å². The first-order valence-electron chi connectivity index (χ1n) is 10.3. The van der Waals surface area contributed by atoms with Crippen molar-refractivity contribution in [1.29, 1.82) is 0 Å². The van der Waals surface area contributed by atoms with Crippen molar-refractivity contribution in [2.75, 3.05) is 23.6 Å². The highest BCUT2D eigenvalue weighted by atomic mass is 16.5. The van der Waals surface area contributed by atoms with Crippen LogP contribution in [0.1, 0.15) is 27.5 Å². The van der Waals surface area contributed by atoms with Crippen molar-refractivity contribution < 1.29 is 9.53 Å². The molecule has 33 heavy (non-hydrogen) atoms. The van der Waals surface area contributed by atoms with E-state index < -0.39 is 0 Å². The quantitative estimate of drug-likeness (QED) is 0.306. The molecule has 8 nitrogen and oxygen atoms in total. The van der Waals surface area contributed by atoms with E-state index in [1.807, 2.05) is 60.7 Å². The number of hydrazine groups is 1.